The molecule has 0 aliphatic heterocycles. The van der Waals surface area contributed by atoms with Crippen LogP contribution < -0.4 is 0 Å². The molecule has 16 heavy (non-hydrogen) atoms. The maximum Gasteiger partial charge on any atom is 0.214 e. The van der Waals surface area contributed by atoms with Gasteiger partial charge in [0.25, 0.3) is 0 Å². The number of thioether (sulfide) groups is 1. The van der Waals surface area contributed by atoms with Crippen LogP contribution in [0.4, 0.5) is 0 Å². The number of para-hydroxylation sites is 1. The summed E-state index contributed by atoms with van der Waals surface area (Å²) in [7, 11) is 0. The highest BCUT2D eigenvalue weighted by Gasteiger charge is 2.10. The topological polar surface area (TPSA) is 43.6 Å². The second-order valence-corrected chi connectivity index (χ2v) is 4.61. The van der Waals surface area contributed by atoms with Crippen molar-refractivity contribution in [3.05, 3.63) is 43.0 Å². The maximum atomic E-state index is 4.00. The highest BCUT2D eigenvalue weighted by atomic mass is 32.2. The number of tetrazole rings is 1. The molecule has 0 amide bonds. The van der Waals surface area contributed by atoms with Crippen molar-refractivity contribution in [2.24, 2.45) is 0 Å². The van der Waals surface area contributed by atoms with Crippen LogP contribution in [0.3, 0.4) is 0 Å². The lowest BCUT2D eigenvalue weighted by Crippen LogP contribution is -2.00. The number of nitrogens with zero attached hydrogens (tertiary/aromatic N) is 4. The Morgan fingerprint density at radius 1 is 1.38 bits per heavy atom. The number of aromatic nitrogens is 4. The van der Waals surface area contributed by atoms with Crippen LogP contribution in [0.1, 0.15) is 6.92 Å². The number of rotatable bonds is 4. The van der Waals surface area contributed by atoms with E-state index in [4.69, 9.17) is 0 Å². The summed E-state index contributed by atoms with van der Waals surface area (Å²) >= 11 is 1.58. The van der Waals surface area contributed by atoms with Crippen molar-refractivity contribution in [1.29, 1.82) is 0 Å². The monoisotopic (exact) mass is 232 g/mol. The summed E-state index contributed by atoms with van der Waals surface area (Å²) < 4.78 is 1.73. The first kappa shape index (κ1) is 10.9. The Hall–Kier alpha value is -1.62. The minimum Gasteiger partial charge on any atom is -0.187 e. The van der Waals surface area contributed by atoms with Gasteiger partial charge in [0.15, 0.2) is 0 Å². The zero-order chi connectivity index (χ0) is 11.4. The molecule has 0 spiro atoms. The van der Waals surface area contributed by atoms with Gasteiger partial charge in [-0.15, -0.1) is 11.7 Å². The molecule has 0 aliphatic rings. The lowest BCUT2D eigenvalue weighted by Gasteiger charge is -2.05. The molecule has 1 heterocycles. The van der Waals surface area contributed by atoms with Gasteiger partial charge in [-0.05, 0) is 29.5 Å². The van der Waals surface area contributed by atoms with Gasteiger partial charge >= 0.3 is 0 Å². The number of hydrogen-bond acceptors (Lipinski definition) is 4. The van der Waals surface area contributed by atoms with Crippen molar-refractivity contribution in [2.75, 3.05) is 0 Å². The van der Waals surface area contributed by atoms with Crippen LogP contribution >= 0.6 is 11.8 Å². The van der Waals surface area contributed by atoms with E-state index in [0.29, 0.717) is 0 Å². The van der Waals surface area contributed by atoms with Gasteiger partial charge in [0.05, 0.1) is 5.69 Å². The van der Waals surface area contributed by atoms with Crippen molar-refractivity contribution in [3.8, 4) is 5.69 Å². The van der Waals surface area contributed by atoms with Gasteiger partial charge in [-0.2, -0.15) is 4.68 Å². The van der Waals surface area contributed by atoms with Crippen molar-refractivity contribution >= 4 is 11.8 Å². The lowest BCUT2D eigenvalue weighted by atomic mass is 10.3. The minimum absolute atomic E-state index is 0.286. The molecule has 1 aromatic carbocycles. The molecule has 0 saturated heterocycles. The van der Waals surface area contributed by atoms with E-state index in [2.05, 4.69) is 29.0 Å². The summed E-state index contributed by atoms with van der Waals surface area (Å²) in [4.78, 5) is 0. The highest BCUT2D eigenvalue weighted by Crippen LogP contribution is 2.22. The molecule has 1 aromatic heterocycles. The molecule has 0 bridgehead atoms. The first-order valence-corrected chi connectivity index (χ1v) is 5.82. The van der Waals surface area contributed by atoms with Crippen molar-refractivity contribution in [1.82, 2.24) is 20.2 Å². The van der Waals surface area contributed by atoms with Crippen LogP contribution in [0, 0.1) is 0 Å². The van der Waals surface area contributed by atoms with E-state index < -0.39 is 0 Å². The molecule has 0 aliphatic carbocycles. The van der Waals surface area contributed by atoms with Gasteiger partial charge in [-0.3, -0.25) is 0 Å². The van der Waals surface area contributed by atoms with Crippen molar-refractivity contribution in [3.63, 3.8) is 0 Å². The van der Waals surface area contributed by atoms with Crippen LogP contribution in [0.25, 0.3) is 5.69 Å². The second kappa shape index (κ2) is 4.94. The highest BCUT2D eigenvalue weighted by molar-refractivity contribution is 7.99. The average molecular weight is 232 g/mol. The second-order valence-electron chi connectivity index (χ2n) is 3.27. The van der Waals surface area contributed by atoms with Gasteiger partial charge in [-0.25, -0.2) is 0 Å². The normalized spacial score (nSPS) is 12.3. The van der Waals surface area contributed by atoms with Crippen molar-refractivity contribution < 1.29 is 0 Å². The van der Waals surface area contributed by atoms with E-state index in [9.17, 15) is 0 Å². The fourth-order valence-electron chi connectivity index (χ4n) is 1.20. The smallest absolute Gasteiger partial charge is 0.187 e. The molecule has 0 radical (unpaired) electrons. The molecule has 0 N–H and O–H groups in total. The average Bonchev–Trinajstić information content (AvgIpc) is 2.78. The van der Waals surface area contributed by atoms with Crippen LogP contribution in [-0.4, -0.2) is 25.5 Å². The van der Waals surface area contributed by atoms with E-state index in [1.807, 2.05) is 36.4 Å². The third-order valence-corrected chi connectivity index (χ3v) is 3.09. The SMILES string of the molecule is C=CC(C)Sc1nnnn1-c1ccccc1. The van der Waals surface area contributed by atoms with E-state index in [-0.39, 0.29) is 5.25 Å². The van der Waals surface area contributed by atoms with Gasteiger partial charge < -0.3 is 0 Å². The molecule has 2 rings (SSSR count). The summed E-state index contributed by atoms with van der Waals surface area (Å²) in [6.07, 6.45) is 1.87. The standard InChI is InChI=1S/C11H12N4S/c1-3-9(2)16-11-12-13-14-15(11)10-7-5-4-6-8-10/h3-9H,1H2,2H3. The van der Waals surface area contributed by atoms with E-state index in [1.165, 1.54) is 0 Å². The largest absolute Gasteiger partial charge is 0.214 e. The minimum atomic E-state index is 0.286. The Bertz CT molecular complexity index is 466. The van der Waals surface area contributed by atoms with E-state index in [1.54, 1.807) is 16.4 Å². The Balaban J connectivity index is 2.29. The summed E-state index contributed by atoms with van der Waals surface area (Å²) in [6.45, 7) is 5.80. The summed E-state index contributed by atoms with van der Waals surface area (Å²) in [6, 6.07) is 9.83. The number of benzene rings is 1. The first-order chi connectivity index (χ1) is 7.81. The molecule has 4 nitrogen and oxygen atoms in total. The predicted molar refractivity (Wildman–Crippen MR) is 64.7 cm³/mol. The van der Waals surface area contributed by atoms with Gasteiger partial charge in [0, 0.05) is 5.25 Å². The summed E-state index contributed by atoms with van der Waals surface area (Å²) in [5.41, 5.74) is 0.964. The molecular formula is C11H12N4S. The Labute approximate surface area is 98.4 Å². The number of hydrogen-bond donors (Lipinski definition) is 0. The molecular weight excluding hydrogens is 220 g/mol. The Morgan fingerprint density at radius 3 is 2.81 bits per heavy atom. The first-order valence-electron chi connectivity index (χ1n) is 4.94. The van der Waals surface area contributed by atoms with Crippen LogP contribution in [-0.2, 0) is 0 Å². The predicted octanol–water partition coefficient (Wildman–Crippen LogP) is 2.33. The van der Waals surface area contributed by atoms with Gasteiger partial charge in [0.1, 0.15) is 0 Å². The van der Waals surface area contributed by atoms with Crippen molar-refractivity contribution in [2.45, 2.75) is 17.3 Å². The fraction of sp³-hybridized carbons (Fsp3) is 0.182. The molecule has 0 saturated carbocycles. The Morgan fingerprint density at radius 2 is 2.12 bits per heavy atom. The molecule has 1 unspecified atom stereocenters. The van der Waals surface area contributed by atoms with E-state index >= 15 is 0 Å². The molecule has 1 atom stereocenters. The summed E-state index contributed by atoms with van der Waals surface area (Å²) in [5.74, 6) is 0. The zero-order valence-electron chi connectivity index (χ0n) is 8.95. The van der Waals surface area contributed by atoms with Gasteiger partial charge in [0.2, 0.25) is 5.16 Å². The third-order valence-electron chi connectivity index (χ3n) is 2.06. The van der Waals surface area contributed by atoms with E-state index in [0.717, 1.165) is 10.8 Å². The quantitative estimate of drug-likeness (QED) is 0.599. The van der Waals surface area contributed by atoms with Crippen LogP contribution in [0.5, 0.6) is 0 Å². The zero-order valence-corrected chi connectivity index (χ0v) is 9.76. The molecule has 82 valence electrons. The molecule has 2 aromatic rings. The lowest BCUT2D eigenvalue weighted by molar-refractivity contribution is 0.756. The van der Waals surface area contributed by atoms with Gasteiger partial charge in [-0.1, -0.05) is 36.0 Å². The van der Waals surface area contributed by atoms with Crippen LogP contribution in [0.15, 0.2) is 48.1 Å². The maximum absolute atomic E-state index is 4.00. The molecule has 0 fully saturated rings. The fourth-order valence-corrected chi connectivity index (χ4v) is 1.95. The van der Waals surface area contributed by atoms with Crippen LogP contribution in [0.2, 0.25) is 0 Å². The Kier molecular flexibility index (Phi) is 3.36. The molecule has 5 heteroatoms. The summed E-state index contributed by atoms with van der Waals surface area (Å²) in [5, 5.41) is 12.7. The third kappa shape index (κ3) is 2.30.